The van der Waals surface area contributed by atoms with Crippen LogP contribution >= 0.6 is 0 Å². The second-order valence-electron chi connectivity index (χ2n) is 4.22. The summed E-state index contributed by atoms with van der Waals surface area (Å²) < 4.78 is 29.9. The first-order chi connectivity index (χ1) is 8.38. The molecule has 1 rings (SSSR count). The zero-order valence-corrected chi connectivity index (χ0v) is 11.7. The molecular weight excluding hydrogens is 254 g/mol. The van der Waals surface area contributed by atoms with Gasteiger partial charge < -0.3 is 9.30 Å². The van der Waals surface area contributed by atoms with Crippen molar-refractivity contribution in [3.63, 3.8) is 0 Å². The number of nitrogens with zero attached hydrogens (tertiary/aromatic N) is 1. The topological polar surface area (TPSA) is 65.4 Å². The van der Waals surface area contributed by atoms with Gasteiger partial charge in [0.25, 0.3) is 0 Å². The van der Waals surface area contributed by atoms with Gasteiger partial charge in [-0.15, -0.1) is 0 Å². The summed E-state index contributed by atoms with van der Waals surface area (Å²) in [6.07, 6.45) is 1.68. The molecule has 6 heteroatoms. The van der Waals surface area contributed by atoms with Crippen LogP contribution in [0.1, 0.15) is 31.3 Å². The molecule has 0 saturated carbocycles. The van der Waals surface area contributed by atoms with E-state index in [2.05, 4.69) is 0 Å². The minimum atomic E-state index is -3.10. The molecular formula is C12H19NO4S. The van der Waals surface area contributed by atoms with Crippen LogP contribution < -0.4 is 0 Å². The van der Waals surface area contributed by atoms with Crippen molar-refractivity contribution < 1.29 is 17.9 Å². The molecule has 1 heterocycles. The van der Waals surface area contributed by atoms with Gasteiger partial charge in [-0.2, -0.15) is 0 Å². The fourth-order valence-corrected chi connectivity index (χ4v) is 2.38. The van der Waals surface area contributed by atoms with Gasteiger partial charge in [0.05, 0.1) is 17.6 Å². The largest absolute Gasteiger partial charge is 0.461 e. The second kappa shape index (κ2) is 6.04. The molecule has 0 aromatic carbocycles. The molecule has 0 amide bonds. The van der Waals surface area contributed by atoms with Crippen LogP contribution in [0.5, 0.6) is 0 Å². The van der Waals surface area contributed by atoms with Gasteiger partial charge in [0.1, 0.15) is 5.69 Å². The zero-order chi connectivity index (χ0) is 13.8. The Morgan fingerprint density at radius 2 is 2.11 bits per heavy atom. The van der Waals surface area contributed by atoms with Crippen LogP contribution in [0.3, 0.4) is 0 Å². The van der Waals surface area contributed by atoms with E-state index in [-0.39, 0.29) is 12.3 Å². The number of ether oxygens (including phenoxy) is 1. The predicted molar refractivity (Wildman–Crippen MR) is 69.3 cm³/mol. The van der Waals surface area contributed by atoms with Gasteiger partial charge in [-0.3, -0.25) is 0 Å². The molecule has 1 aromatic heterocycles. The van der Waals surface area contributed by atoms with Crippen molar-refractivity contribution in [1.82, 2.24) is 4.57 Å². The maximum Gasteiger partial charge on any atom is 0.354 e. The molecule has 0 radical (unpaired) electrons. The lowest BCUT2D eigenvalue weighted by Crippen LogP contribution is -2.22. The lowest BCUT2D eigenvalue weighted by molar-refractivity contribution is 0.0514. The Labute approximate surface area is 108 Å². The van der Waals surface area contributed by atoms with E-state index >= 15 is 0 Å². The van der Waals surface area contributed by atoms with E-state index in [0.29, 0.717) is 12.3 Å². The van der Waals surface area contributed by atoms with Crippen LogP contribution in [-0.4, -0.2) is 36.6 Å². The molecule has 0 aliphatic carbocycles. The van der Waals surface area contributed by atoms with Crippen molar-refractivity contribution in [1.29, 1.82) is 0 Å². The highest BCUT2D eigenvalue weighted by molar-refractivity contribution is 7.91. The molecule has 102 valence electrons. The average Bonchev–Trinajstić information content (AvgIpc) is 2.74. The number of hydrogen-bond donors (Lipinski definition) is 0. The van der Waals surface area contributed by atoms with Crippen molar-refractivity contribution in [2.45, 2.75) is 32.6 Å². The van der Waals surface area contributed by atoms with E-state index in [1.807, 2.05) is 0 Å². The Kier molecular flexibility index (Phi) is 4.95. The van der Waals surface area contributed by atoms with Crippen molar-refractivity contribution in [2.24, 2.45) is 0 Å². The molecule has 0 N–H and O–H groups in total. The Morgan fingerprint density at radius 1 is 1.44 bits per heavy atom. The molecule has 5 nitrogen and oxygen atoms in total. The maximum atomic E-state index is 11.7. The summed E-state index contributed by atoms with van der Waals surface area (Å²) in [7, 11) is -3.10. The minimum absolute atomic E-state index is 0.0196. The summed E-state index contributed by atoms with van der Waals surface area (Å²) in [6, 6.07) is 3.33. The third-order valence-electron chi connectivity index (χ3n) is 2.65. The molecule has 0 unspecified atom stereocenters. The van der Waals surface area contributed by atoms with Gasteiger partial charge in [0, 0.05) is 12.7 Å². The number of rotatable bonds is 6. The van der Waals surface area contributed by atoms with E-state index < -0.39 is 21.1 Å². The van der Waals surface area contributed by atoms with Gasteiger partial charge in [-0.1, -0.05) is 0 Å². The maximum absolute atomic E-state index is 11.7. The summed E-state index contributed by atoms with van der Waals surface area (Å²) in [6.45, 7) is 5.60. The summed E-state index contributed by atoms with van der Waals surface area (Å²) in [5, 5.41) is -0.404. The fourth-order valence-electron chi connectivity index (χ4n) is 1.46. The van der Waals surface area contributed by atoms with Crippen LogP contribution in [0.4, 0.5) is 0 Å². The molecule has 0 fully saturated rings. The summed E-state index contributed by atoms with van der Waals surface area (Å²) in [5.41, 5.74) is 0.385. The van der Waals surface area contributed by atoms with Gasteiger partial charge in [-0.05, 0) is 32.9 Å². The highest BCUT2D eigenvalue weighted by atomic mass is 32.2. The Bertz CT molecular complexity index is 502. The van der Waals surface area contributed by atoms with Crippen molar-refractivity contribution in [2.75, 3.05) is 12.4 Å². The van der Waals surface area contributed by atoms with E-state index in [0.717, 1.165) is 0 Å². The number of sulfone groups is 1. The molecule has 0 aliphatic rings. The van der Waals surface area contributed by atoms with Crippen LogP contribution in [0.15, 0.2) is 18.3 Å². The Hall–Kier alpha value is -1.30. The first-order valence-electron chi connectivity index (χ1n) is 5.92. The van der Waals surface area contributed by atoms with Crippen molar-refractivity contribution in [3.05, 3.63) is 24.0 Å². The molecule has 0 aliphatic heterocycles. The normalized spacial score (nSPS) is 11.8. The number of hydrogen-bond acceptors (Lipinski definition) is 4. The lowest BCUT2D eigenvalue weighted by Gasteiger charge is -2.10. The molecule has 0 saturated heterocycles. The summed E-state index contributed by atoms with van der Waals surface area (Å²) in [5.74, 6) is -0.407. The molecule has 0 atom stereocenters. The smallest absolute Gasteiger partial charge is 0.354 e. The van der Waals surface area contributed by atoms with Gasteiger partial charge >= 0.3 is 5.97 Å². The lowest BCUT2D eigenvalue weighted by atomic mass is 10.4. The van der Waals surface area contributed by atoms with Crippen molar-refractivity contribution in [3.8, 4) is 0 Å². The highest BCUT2D eigenvalue weighted by Crippen LogP contribution is 2.07. The van der Waals surface area contributed by atoms with Crippen LogP contribution in [0, 0.1) is 0 Å². The number of aryl methyl sites for hydroxylation is 1. The Balaban J connectivity index is 2.75. The van der Waals surface area contributed by atoms with E-state index in [4.69, 9.17) is 4.74 Å². The number of esters is 1. The number of carbonyl (C=O) groups is 1. The first-order valence-corrected chi connectivity index (χ1v) is 7.64. The fraction of sp³-hybridized carbons (Fsp3) is 0.583. The zero-order valence-electron chi connectivity index (χ0n) is 10.9. The van der Waals surface area contributed by atoms with Gasteiger partial charge in [0.2, 0.25) is 0 Å². The summed E-state index contributed by atoms with van der Waals surface area (Å²) in [4.78, 5) is 11.6. The summed E-state index contributed by atoms with van der Waals surface area (Å²) >= 11 is 0. The van der Waals surface area contributed by atoms with Crippen LogP contribution in [-0.2, 0) is 21.1 Å². The molecule has 0 bridgehead atoms. The predicted octanol–water partition coefficient (Wildman–Crippen LogP) is 1.49. The average molecular weight is 273 g/mol. The number of carbonyl (C=O) groups excluding carboxylic acids is 1. The SMILES string of the molecule is CCOC(=O)c1cccn1CCS(=O)(=O)C(C)C. The van der Waals surface area contributed by atoms with Gasteiger partial charge in [0.15, 0.2) is 9.84 Å². The molecule has 18 heavy (non-hydrogen) atoms. The monoisotopic (exact) mass is 273 g/mol. The van der Waals surface area contributed by atoms with E-state index in [1.54, 1.807) is 43.7 Å². The Morgan fingerprint density at radius 3 is 2.67 bits per heavy atom. The van der Waals surface area contributed by atoms with Crippen molar-refractivity contribution >= 4 is 15.8 Å². The van der Waals surface area contributed by atoms with Crippen LogP contribution in [0.25, 0.3) is 0 Å². The van der Waals surface area contributed by atoms with E-state index in [9.17, 15) is 13.2 Å². The van der Waals surface area contributed by atoms with Crippen LogP contribution in [0.2, 0.25) is 0 Å². The standard InChI is InChI=1S/C12H19NO4S/c1-4-17-12(14)11-6-5-7-13(11)8-9-18(15,16)10(2)3/h5-7,10H,4,8-9H2,1-3H3. The number of aromatic nitrogens is 1. The molecule has 1 aromatic rings. The molecule has 0 spiro atoms. The highest BCUT2D eigenvalue weighted by Gasteiger charge is 2.18. The van der Waals surface area contributed by atoms with E-state index in [1.165, 1.54) is 0 Å². The first kappa shape index (κ1) is 14.8. The van der Waals surface area contributed by atoms with Gasteiger partial charge in [-0.25, -0.2) is 13.2 Å². The third-order valence-corrected chi connectivity index (χ3v) is 4.84. The second-order valence-corrected chi connectivity index (χ2v) is 6.90. The quantitative estimate of drug-likeness (QED) is 0.737. The minimum Gasteiger partial charge on any atom is -0.461 e. The third kappa shape index (κ3) is 3.60.